The van der Waals surface area contributed by atoms with Crippen LogP contribution in [0.1, 0.15) is 43.4 Å². The van der Waals surface area contributed by atoms with Gasteiger partial charge in [0.05, 0.1) is 18.7 Å². The molecule has 0 fully saturated rings. The Kier molecular flexibility index (Phi) is 6.82. The molecule has 0 saturated heterocycles. The third kappa shape index (κ3) is 4.47. The van der Waals surface area contributed by atoms with Gasteiger partial charge in [-0.1, -0.05) is 30.3 Å². The van der Waals surface area contributed by atoms with Gasteiger partial charge in [-0.05, 0) is 81.0 Å². The van der Waals surface area contributed by atoms with E-state index in [0.717, 1.165) is 22.4 Å². The molecule has 1 heterocycles. The molecule has 4 rings (SSSR count). The van der Waals surface area contributed by atoms with Gasteiger partial charge >= 0.3 is 0 Å². The van der Waals surface area contributed by atoms with Crippen molar-refractivity contribution in [2.45, 2.75) is 26.0 Å². The van der Waals surface area contributed by atoms with Crippen molar-refractivity contribution in [1.82, 2.24) is 4.90 Å². The molecule has 3 aromatic carbocycles. The first-order valence-electron chi connectivity index (χ1n) is 11.4. The number of hydrogen-bond acceptors (Lipinski definition) is 4. The van der Waals surface area contributed by atoms with Crippen molar-refractivity contribution in [3.05, 3.63) is 94.5 Å². The summed E-state index contributed by atoms with van der Waals surface area (Å²) in [4.78, 5) is 30.2. The Morgan fingerprint density at radius 1 is 0.971 bits per heavy atom. The summed E-state index contributed by atoms with van der Waals surface area (Å²) in [6.45, 7) is 4.39. The molecule has 6 heteroatoms. The minimum Gasteiger partial charge on any atom is -0.378 e. The highest BCUT2D eigenvalue weighted by Gasteiger charge is 2.37. The molecule has 1 aliphatic heterocycles. The van der Waals surface area contributed by atoms with Crippen LogP contribution >= 0.6 is 0 Å². The molecule has 0 bridgehead atoms. The zero-order valence-corrected chi connectivity index (χ0v) is 20.3. The molecular formula is C28H31N3O3. The van der Waals surface area contributed by atoms with Crippen molar-refractivity contribution in [2.24, 2.45) is 0 Å². The summed E-state index contributed by atoms with van der Waals surface area (Å²) >= 11 is 0. The molecule has 6 nitrogen and oxygen atoms in total. The number of nitrogens with one attached hydrogen (secondary N) is 1. The Bertz CT molecular complexity index is 1200. The summed E-state index contributed by atoms with van der Waals surface area (Å²) in [7, 11) is 5.73. The van der Waals surface area contributed by atoms with E-state index in [1.807, 2.05) is 64.3 Å². The summed E-state index contributed by atoms with van der Waals surface area (Å²) in [5.41, 5.74) is 5.83. The number of nitrogens with zero attached hydrogens (tertiary/aromatic N) is 2. The number of benzene rings is 3. The predicted molar refractivity (Wildman–Crippen MR) is 136 cm³/mol. The van der Waals surface area contributed by atoms with Crippen LogP contribution in [0.2, 0.25) is 0 Å². The summed E-state index contributed by atoms with van der Waals surface area (Å²) in [5.74, 6) is -0.262. The highest BCUT2D eigenvalue weighted by molar-refractivity contribution is 6.08. The average molecular weight is 458 g/mol. The normalized spacial score (nSPS) is 17.4. The SMILES string of the molecule is COC1CN(C(=O)c2ccc(NC(=O)c3cccc(C)c3C)cc2)c2ccccc2C1N(C)C. The smallest absolute Gasteiger partial charge is 0.258 e. The van der Waals surface area contributed by atoms with Crippen LogP contribution in [-0.4, -0.2) is 50.6 Å². The summed E-state index contributed by atoms with van der Waals surface area (Å²) in [6.07, 6.45) is -0.148. The monoisotopic (exact) mass is 457 g/mol. The molecular weight excluding hydrogens is 426 g/mol. The second-order valence-electron chi connectivity index (χ2n) is 8.94. The Balaban J connectivity index is 1.56. The van der Waals surface area contributed by atoms with Gasteiger partial charge in [-0.25, -0.2) is 0 Å². The quantitative estimate of drug-likeness (QED) is 0.596. The first-order chi connectivity index (χ1) is 16.3. The number of aryl methyl sites for hydroxylation is 1. The van der Waals surface area contributed by atoms with E-state index in [4.69, 9.17) is 4.74 Å². The number of likely N-dealkylation sites (N-methyl/N-ethyl adjacent to an activating group) is 1. The molecule has 0 aliphatic carbocycles. The lowest BCUT2D eigenvalue weighted by Crippen LogP contribution is -2.48. The Morgan fingerprint density at radius 3 is 2.35 bits per heavy atom. The number of ether oxygens (including phenoxy) is 1. The van der Waals surface area contributed by atoms with Gasteiger partial charge in [0.15, 0.2) is 0 Å². The van der Waals surface area contributed by atoms with Crippen LogP contribution in [0.15, 0.2) is 66.7 Å². The molecule has 1 N–H and O–H groups in total. The molecule has 3 aromatic rings. The van der Waals surface area contributed by atoms with Crippen molar-refractivity contribution < 1.29 is 14.3 Å². The minimum atomic E-state index is -0.164. The summed E-state index contributed by atoms with van der Waals surface area (Å²) in [5, 5.41) is 2.93. The third-order valence-electron chi connectivity index (χ3n) is 6.60. The van der Waals surface area contributed by atoms with Gasteiger partial charge in [0.25, 0.3) is 11.8 Å². The maximum atomic E-state index is 13.5. The van der Waals surface area contributed by atoms with Gasteiger partial charge < -0.3 is 15.0 Å². The molecule has 2 unspecified atom stereocenters. The van der Waals surface area contributed by atoms with Crippen molar-refractivity contribution >= 4 is 23.2 Å². The topological polar surface area (TPSA) is 61.9 Å². The number of hydrogen-bond donors (Lipinski definition) is 1. The second kappa shape index (κ2) is 9.79. The number of para-hydroxylation sites is 1. The van der Waals surface area contributed by atoms with Crippen molar-refractivity contribution in [3.8, 4) is 0 Å². The third-order valence-corrected chi connectivity index (χ3v) is 6.60. The van der Waals surface area contributed by atoms with Gasteiger partial charge in [-0.3, -0.25) is 14.5 Å². The number of carbonyl (C=O) groups excluding carboxylic acids is 2. The van der Waals surface area contributed by atoms with Gasteiger partial charge in [0.1, 0.15) is 0 Å². The van der Waals surface area contributed by atoms with Gasteiger partial charge in [-0.2, -0.15) is 0 Å². The van der Waals surface area contributed by atoms with E-state index < -0.39 is 0 Å². The van der Waals surface area contributed by atoms with Crippen molar-refractivity contribution in [3.63, 3.8) is 0 Å². The van der Waals surface area contributed by atoms with E-state index in [1.165, 1.54) is 0 Å². The molecule has 0 saturated carbocycles. The van der Waals surface area contributed by atoms with Crippen LogP contribution < -0.4 is 10.2 Å². The lowest BCUT2D eigenvalue weighted by atomic mass is 9.92. The standard InChI is InChI=1S/C28H31N3O3/c1-18-9-8-11-22(19(18)2)27(32)29-21-15-13-20(14-16-21)28(33)31-17-25(34-5)26(30(3)4)23-10-6-7-12-24(23)31/h6-16,25-26H,17H2,1-5H3,(H,29,32). The Hall–Kier alpha value is -3.48. The van der Waals surface area contributed by atoms with E-state index >= 15 is 0 Å². The van der Waals surface area contributed by atoms with Gasteiger partial charge in [0.2, 0.25) is 0 Å². The number of amides is 2. The van der Waals surface area contributed by atoms with Crippen molar-refractivity contribution in [1.29, 1.82) is 0 Å². The van der Waals surface area contributed by atoms with Crippen molar-refractivity contribution in [2.75, 3.05) is 38.0 Å². The fraction of sp³-hybridized carbons (Fsp3) is 0.286. The number of anilines is 2. The first-order valence-corrected chi connectivity index (χ1v) is 11.4. The summed E-state index contributed by atoms with van der Waals surface area (Å²) < 4.78 is 5.78. The lowest BCUT2D eigenvalue weighted by Gasteiger charge is -2.42. The number of methoxy groups -OCH3 is 1. The van der Waals surface area contributed by atoms with Crippen LogP contribution in [0, 0.1) is 13.8 Å². The lowest BCUT2D eigenvalue weighted by molar-refractivity contribution is 0.0312. The first kappa shape index (κ1) is 23.7. The fourth-order valence-electron chi connectivity index (χ4n) is 4.62. The van der Waals surface area contributed by atoms with Crippen LogP contribution in [0.25, 0.3) is 0 Å². The number of carbonyl (C=O) groups is 2. The minimum absolute atomic E-state index is 0.0629. The zero-order chi connectivity index (χ0) is 24.4. The number of fused-ring (bicyclic) bond motifs is 1. The predicted octanol–water partition coefficient (Wildman–Crippen LogP) is 4.83. The molecule has 0 aromatic heterocycles. The van der Waals surface area contributed by atoms with E-state index in [2.05, 4.69) is 16.3 Å². The summed E-state index contributed by atoms with van der Waals surface area (Å²) in [6, 6.07) is 20.8. The average Bonchev–Trinajstić information content (AvgIpc) is 2.84. The largest absolute Gasteiger partial charge is 0.378 e. The maximum absolute atomic E-state index is 13.5. The molecule has 2 amide bonds. The van der Waals surface area contributed by atoms with Gasteiger partial charge in [0, 0.05) is 29.6 Å². The molecule has 1 aliphatic rings. The molecule has 0 radical (unpaired) electrons. The van der Waals surface area contributed by atoms with Crippen LogP contribution in [0.4, 0.5) is 11.4 Å². The number of rotatable bonds is 5. The van der Waals surface area contributed by atoms with E-state index in [0.29, 0.717) is 23.4 Å². The Morgan fingerprint density at radius 2 is 1.68 bits per heavy atom. The molecule has 0 spiro atoms. The van der Waals surface area contributed by atoms with Gasteiger partial charge in [-0.15, -0.1) is 0 Å². The molecule has 176 valence electrons. The van der Waals surface area contributed by atoms with E-state index in [-0.39, 0.29) is 24.0 Å². The highest BCUT2D eigenvalue weighted by atomic mass is 16.5. The fourth-order valence-corrected chi connectivity index (χ4v) is 4.62. The van der Waals surface area contributed by atoms with E-state index in [1.54, 1.807) is 36.3 Å². The highest BCUT2D eigenvalue weighted by Crippen LogP contribution is 2.38. The molecule has 2 atom stereocenters. The maximum Gasteiger partial charge on any atom is 0.258 e. The zero-order valence-electron chi connectivity index (χ0n) is 20.3. The van der Waals surface area contributed by atoms with E-state index in [9.17, 15) is 9.59 Å². The van der Waals surface area contributed by atoms with Crippen LogP contribution in [0.3, 0.4) is 0 Å². The molecule has 34 heavy (non-hydrogen) atoms. The Labute approximate surface area is 201 Å². The van der Waals surface area contributed by atoms with Crippen LogP contribution in [-0.2, 0) is 4.74 Å². The second-order valence-corrected chi connectivity index (χ2v) is 8.94. The van der Waals surface area contributed by atoms with Crippen LogP contribution in [0.5, 0.6) is 0 Å².